The Morgan fingerprint density at radius 1 is 1.00 bits per heavy atom. The van der Waals surface area contributed by atoms with Gasteiger partial charge >= 0.3 is 0 Å². The topological polar surface area (TPSA) is 81.3 Å². The molecule has 33 heavy (non-hydrogen) atoms. The fourth-order valence-corrected chi connectivity index (χ4v) is 4.36. The minimum atomic E-state index is -0.0148. The number of hydrogen-bond donors (Lipinski definition) is 2. The molecule has 0 saturated carbocycles. The third kappa shape index (κ3) is 5.21. The van der Waals surface area contributed by atoms with Crippen LogP contribution < -0.4 is 10.2 Å². The molecule has 1 fully saturated rings. The Morgan fingerprint density at radius 3 is 2.58 bits per heavy atom. The number of fused-ring (bicyclic) bond motifs is 1. The van der Waals surface area contributed by atoms with Crippen molar-refractivity contribution in [3.63, 3.8) is 0 Å². The van der Waals surface area contributed by atoms with Crippen molar-refractivity contribution >= 4 is 42.7 Å². The molecule has 1 aromatic carbocycles. The van der Waals surface area contributed by atoms with Gasteiger partial charge in [0.25, 0.3) is 5.91 Å². The van der Waals surface area contributed by atoms with Crippen LogP contribution in [0.3, 0.4) is 0 Å². The SMILES string of the molecule is Cl.Cl.O=CCN1CCN(c2cccc(-c3cc(-c4cc5c([nH]4)CCNC5=O)ccn3)c2)CC1. The number of nitrogens with one attached hydrogen (secondary N) is 2. The van der Waals surface area contributed by atoms with Gasteiger partial charge in [-0.2, -0.15) is 0 Å². The molecule has 2 aliphatic rings. The first-order valence-electron chi connectivity index (χ1n) is 10.7. The molecular formula is C24H27Cl2N5O2. The van der Waals surface area contributed by atoms with Gasteiger partial charge in [-0.25, -0.2) is 0 Å². The number of aromatic amines is 1. The first kappa shape index (κ1) is 24.8. The molecule has 0 radical (unpaired) electrons. The molecule has 174 valence electrons. The summed E-state index contributed by atoms with van der Waals surface area (Å²) in [6.07, 6.45) is 3.61. The number of amides is 1. The van der Waals surface area contributed by atoms with Crippen molar-refractivity contribution in [1.82, 2.24) is 20.2 Å². The molecule has 0 unspecified atom stereocenters. The number of halogens is 2. The first-order valence-corrected chi connectivity index (χ1v) is 10.7. The number of nitrogens with zero attached hydrogens (tertiary/aromatic N) is 3. The predicted molar refractivity (Wildman–Crippen MR) is 135 cm³/mol. The highest BCUT2D eigenvalue weighted by atomic mass is 35.5. The molecular weight excluding hydrogens is 461 g/mol. The van der Waals surface area contributed by atoms with Crippen LogP contribution in [0.5, 0.6) is 0 Å². The number of carbonyl (C=O) groups excluding carboxylic acids is 2. The Bertz CT molecular complexity index is 1130. The highest BCUT2D eigenvalue weighted by Crippen LogP contribution is 2.29. The molecule has 0 atom stereocenters. The van der Waals surface area contributed by atoms with Crippen LogP contribution >= 0.6 is 24.8 Å². The lowest BCUT2D eigenvalue weighted by Crippen LogP contribution is -2.46. The van der Waals surface area contributed by atoms with Gasteiger partial charge in [0, 0.05) is 73.5 Å². The molecule has 2 aromatic heterocycles. The van der Waals surface area contributed by atoms with Crippen LogP contribution in [0.2, 0.25) is 0 Å². The number of aromatic nitrogens is 2. The summed E-state index contributed by atoms with van der Waals surface area (Å²) in [5.74, 6) is -0.0148. The maximum atomic E-state index is 12.1. The molecule has 2 N–H and O–H groups in total. The van der Waals surface area contributed by atoms with E-state index in [0.717, 1.165) is 72.7 Å². The van der Waals surface area contributed by atoms with Gasteiger partial charge in [0.15, 0.2) is 0 Å². The fraction of sp³-hybridized carbons (Fsp3) is 0.292. The van der Waals surface area contributed by atoms with Crippen LogP contribution in [0, 0.1) is 0 Å². The van der Waals surface area contributed by atoms with E-state index in [2.05, 4.69) is 55.4 Å². The Hall–Kier alpha value is -2.87. The summed E-state index contributed by atoms with van der Waals surface area (Å²) in [6, 6.07) is 14.4. The minimum absolute atomic E-state index is 0. The molecule has 5 rings (SSSR count). The van der Waals surface area contributed by atoms with Crippen molar-refractivity contribution in [2.75, 3.05) is 44.2 Å². The number of anilines is 1. The summed E-state index contributed by atoms with van der Waals surface area (Å²) in [7, 11) is 0. The van der Waals surface area contributed by atoms with Crippen molar-refractivity contribution in [2.24, 2.45) is 0 Å². The summed E-state index contributed by atoms with van der Waals surface area (Å²) in [5, 5.41) is 2.89. The smallest absolute Gasteiger partial charge is 0.253 e. The first-order chi connectivity index (χ1) is 15.2. The number of carbonyl (C=O) groups is 2. The second-order valence-corrected chi connectivity index (χ2v) is 8.02. The average Bonchev–Trinajstić information content (AvgIpc) is 3.26. The molecule has 4 heterocycles. The van der Waals surface area contributed by atoms with Crippen LogP contribution in [0.4, 0.5) is 5.69 Å². The maximum absolute atomic E-state index is 12.1. The van der Waals surface area contributed by atoms with Crippen LogP contribution in [-0.2, 0) is 11.2 Å². The maximum Gasteiger partial charge on any atom is 0.253 e. The number of rotatable bonds is 5. The van der Waals surface area contributed by atoms with E-state index >= 15 is 0 Å². The quantitative estimate of drug-likeness (QED) is 0.540. The molecule has 2 aliphatic heterocycles. The lowest BCUT2D eigenvalue weighted by atomic mass is 10.1. The van der Waals surface area contributed by atoms with E-state index in [1.807, 2.05) is 18.3 Å². The van der Waals surface area contributed by atoms with Gasteiger partial charge in [-0.1, -0.05) is 12.1 Å². The third-order valence-electron chi connectivity index (χ3n) is 6.09. The number of pyridine rings is 1. The zero-order valence-corrected chi connectivity index (χ0v) is 19.8. The third-order valence-corrected chi connectivity index (χ3v) is 6.09. The van der Waals surface area contributed by atoms with Gasteiger partial charge in [-0.15, -0.1) is 24.8 Å². The van der Waals surface area contributed by atoms with Gasteiger partial charge in [-0.05, 0) is 30.3 Å². The number of piperazine rings is 1. The lowest BCUT2D eigenvalue weighted by molar-refractivity contribution is -0.108. The molecule has 1 amide bonds. The number of hydrogen-bond acceptors (Lipinski definition) is 5. The standard InChI is InChI=1S/C24H25N5O2.2ClH/c30-13-12-28-8-10-29(11-9-28)19-3-1-2-17(14-19)22-15-18(4-6-25-22)23-16-20-21(27-23)5-7-26-24(20)31;;/h1-4,6,13-16,27H,5,7-12H2,(H,26,31);2*1H. The van der Waals surface area contributed by atoms with Crippen molar-refractivity contribution in [2.45, 2.75) is 6.42 Å². The summed E-state index contributed by atoms with van der Waals surface area (Å²) in [6.45, 7) is 4.77. The molecule has 9 heteroatoms. The van der Waals surface area contributed by atoms with Crippen molar-refractivity contribution in [3.8, 4) is 22.5 Å². The highest BCUT2D eigenvalue weighted by molar-refractivity contribution is 5.97. The van der Waals surface area contributed by atoms with Gasteiger partial charge in [0.05, 0.1) is 17.8 Å². The zero-order valence-electron chi connectivity index (χ0n) is 18.1. The average molecular weight is 488 g/mol. The second kappa shape index (κ2) is 10.8. The summed E-state index contributed by atoms with van der Waals surface area (Å²) < 4.78 is 0. The number of aldehydes is 1. The molecule has 0 spiro atoms. The molecule has 0 bridgehead atoms. The van der Waals surface area contributed by atoms with Gasteiger partial charge in [-0.3, -0.25) is 14.7 Å². The van der Waals surface area contributed by atoms with E-state index in [4.69, 9.17) is 0 Å². The van der Waals surface area contributed by atoms with Crippen LogP contribution in [0.25, 0.3) is 22.5 Å². The van der Waals surface area contributed by atoms with Gasteiger partial charge in [0.1, 0.15) is 6.29 Å². The van der Waals surface area contributed by atoms with Crippen molar-refractivity contribution in [1.29, 1.82) is 0 Å². The summed E-state index contributed by atoms with van der Waals surface area (Å²) in [5.41, 5.74) is 6.80. The summed E-state index contributed by atoms with van der Waals surface area (Å²) >= 11 is 0. The minimum Gasteiger partial charge on any atom is -0.369 e. The highest BCUT2D eigenvalue weighted by Gasteiger charge is 2.20. The Morgan fingerprint density at radius 2 is 1.82 bits per heavy atom. The van der Waals surface area contributed by atoms with Gasteiger partial charge < -0.3 is 20.0 Å². The molecule has 0 aliphatic carbocycles. The normalized spacial score (nSPS) is 15.6. The Kier molecular flexibility index (Phi) is 8.13. The van der Waals surface area contributed by atoms with E-state index in [-0.39, 0.29) is 30.7 Å². The number of benzene rings is 1. The summed E-state index contributed by atoms with van der Waals surface area (Å²) in [4.78, 5) is 35.4. The van der Waals surface area contributed by atoms with Crippen molar-refractivity contribution in [3.05, 3.63) is 59.9 Å². The Labute approximate surface area is 205 Å². The van der Waals surface area contributed by atoms with E-state index < -0.39 is 0 Å². The van der Waals surface area contributed by atoms with Gasteiger partial charge in [0.2, 0.25) is 0 Å². The van der Waals surface area contributed by atoms with E-state index in [0.29, 0.717) is 13.1 Å². The van der Waals surface area contributed by atoms with E-state index in [9.17, 15) is 9.59 Å². The number of H-pyrrole nitrogens is 1. The molecule has 1 saturated heterocycles. The molecule has 3 aromatic rings. The lowest BCUT2D eigenvalue weighted by Gasteiger charge is -2.35. The van der Waals surface area contributed by atoms with Crippen LogP contribution in [0.15, 0.2) is 48.7 Å². The monoisotopic (exact) mass is 487 g/mol. The predicted octanol–water partition coefficient (Wildman–Crippen LogP) is 3.19. The van der Waals surface area contributed by atoms with Crippen molar-refractivity contribution < 1.29 is 9.59 Å². The van der Waals surface area contributed by atoms with E-state index in [1.165, 1.54) is 5.69 Å². The zero-order chi connectivity index (χ0) is 21.2. The second-order valence-electron chi connectivity index (χ2n) is 8.02. The largest absolute Gasteiger partial charge is 0.369 e. The fourth-order valence-electron chi connectivity index (χ4n) is 4.36. The Balaban J connectivity index is 0.00000153. The molecule has 7 nitrogen and oxygen atoms in total. The van der Waals surface area contributed by atoms with Crippen LogP contribution in [-0.4, -0.2) is 66.3 Å². The van der Waals surface area contributed by atoms with Crippen LogP contribution in [0.1, 0.15) is 16.1 Å². The van der Waals surface area contributed by atoms with E-state index in [1.54, 1.807) is 0 Å².